The first-order valence-electron chi connectivity index (χ1n) is 5.72. The van der Waals surface area contributed by atoms with Gasteiger partial charge in [-0.1, -0.05) is 30.3 Å². The van der Waals surface area contributed by atoms with Crippen LogP contribution >= 0.6 is 0 Å². The van der Waals surface area contributed by atoms with Crippen LogP contribution in [0.25, 0.3) is 0 Å². The molecule has 86 valence electrons. The number of ether oxygens (including phenoxy) is 1. The van der Waals surface area contributed by atoms with Crippen LogP contribution in [-0.2, 0) is 9.53 Å². The van der Waals surface area contributed by atoms with E-state index in [2.05, 4.69) is 17.0 Å². The Morgan fingerprint density at radius 3 is 2.56 bits per heavy atom. The predicted molar refractivity (Wildman–Crippen MR) is 62.3 cm³/mol. The minimum atomic E-state index is 0.211. The minimum absolute atomic E-state index is 0.211. The Hall–Kier alpha value is -1.19. The molecule has 1 unspecified atom stereocenters. The van der Waals surface area contributed by atoms with Gasteiger partial charge in [-0.3, -0.25) is 4.90 Å². The molecule has 1 fully saturated rings. The highest BCUT2D eigenvalue weighted by Crippen LogP contribution is 2.23. The molecule has 1 aliphatic rings. The smallest absolute Gasteiger partial charge is 0.121 e. The van der Waals surface area contributed by atoms with Gasteiger partial charge < -0.3 is 9.53 Å². The van der Waals surface area contributed by atoms with E-state index >= 15 is 0 Å². The number of carbonyl (C=O) groups is 1. The van der Waals surface area contributed by atoms with Crippen molar-refractivity contribution in [2.24, 2.45) is 0 Å². The largest absolute Gasteiger partial charge is 0.379 e. The average Bonchev–Trinajstić information content (AvgIpc) is 2.38. The number of aldehydes is 1. The highest BCUT2D eigenvalue weighted by atomic mass is 16.5. The molecule has 0 N–H and O–H groups in total. The Labute approximate surface area is 96.0 Å². The Balaban J connectivity index is 2.12. The molecule has 1 heterocycles. The third-order valence-corrected chi connectivity index (χ3v) is 2.99. The van der Waals surface area contributed by atoms with Crippen LogP contribution in [0.3, 0.4) is 0 Å². The molecular weight excluding hydrogens is 202 g/mol. The van der Waals surface area contributed by atoms with Crippen LogP contribution in [-0.4, -0.2) is 37.5 Å². The van der Waals surface area contributed by atoms with Gasteiger partial charge in [0.25, 0.3) is 0 Å². The van der Waals surface area contributed by atoms with Crippen LogP contribution in [0.1, 0.15) is 18.0 Å². The first kappa shape index (κ1) is 11.3. The minimum Gasteiger partial charge on any atom is -0.379 e. The van der Waals surface area contributed by atoms with E-state index in [0.29, 0.717) is 6.42 Å². The van der Waals surface area contributed by atoms with Crippen molar-refractivity contribution in [1.29, 1.82) is 0 Å². The average molecular weight is 219 g/mol. The number of nitrogens with zero attached hydrogens (tertiary/aromatic N) is 1. The fourth-order valence-corrected chi connectivity index (χ4v) is 2.15. The molecule has 1 aliphatic heterocycles. The van der Waals surface area contributed by atoms with Gasteiger partial charge in [-0.25, -0.2) is 0 Å². The van der Waals surface area contributed by atoms with Crippen molar-refractivity contribution in [1.82, 2.24) is 4.90 Å². The summed E-state index contributed by atoms with van der Waals surface area (Å²) in [5.41, 5.74) is 1.22. The second kappa shape index (κ2) is 5.77. The number of rotatable bonds is 4. The van der Waals surface area contributed by atoms with Crippen molar-refractivity contribution in [3.8, 4) is 0 Å². The third-order valence-electron chi connectivity index (χ3n) is 2.99. The molecule has 0 spiro atoms. The molecule has 3 heteroatoms. The zero-order chi connectivity index (χ0) is 11.2. The van der Waals surface area contributed by atoms with E-state index in [1.54, 1.807) is 0 Å². The summed E-state index contributed by atoms with van der Waals surface area (Å²) in [5.74, 6) is 0. The van der Waals surface area contributed by atoms with Crippen LogP contribution < -0.4 is 0 Å². The Morgan fingerprint density at radius 2 is 1.94 bits per heavy atom. The molecule has 1 saturated heterocycles. The lowest BCUT2D eigenvalue weighted by Gasteiger charge is -2.33. The van der Waals surface area contributed by atoms with Crippen molar-refractivity contribution in [3.05, 3.63) is 35.9 Å². The number of hydrogen-bond acceptors (Lipinski definition) is 3. The van der Waals surface area contributed by atoms with Crippen molar-refractivity contribution < 1.29 is 9.53 Å². The molecule has 0 radical (unpaired) electrons. The second-order valence-electron chi connectivity index (χ2n) is 3.98. The summed E-state index contributed by atoms with van der Waals surface area (Å²) >= 11 is 0. The maximum atomic E-state index is 10.8. The van der Waals surface area contributed by atoms with E-state index in [0.717, 1.165) is 32.6 Å². The van der Waals surface area contributed by atoms with Crippen molar-refractivity contribution in [3.63, 3.8) is 0 Å². The SMILES string of the molecule is O=CCC(c1ccccc1)N1CCOCC1. The van der Waals surface area contributed by atoms with Gasteiger partial charge in [0.1, 0.15) is 6.29 Å². The molecule has 2 rings (SSSR count). The van der Waals surface area contributed by atoms with Gasteiger partial charge >= 0.3 is 0 Å². The summed E-state index contributed by atoms with van der Waals surface area (Å²) in [4.78, 5) is 13.1. The zero-order valence-electron chi connectivity index (χ0n) is 9.34. The number of hydrogen-bond donors (Lipinski definition) is 0. The molecule has 1 atom stereocenters. The highest BCUT2D eigenvalue weighted by molar-refractivity contribution is 5.51. The van der Waals surface area contributed by atoms with E-state index in [-0.39, 0.29) is 6.04 Å². The summed E-state index contributed by atoms with van der Waals surface area (Å²) in [6, 6.07) is 10.4. The van der Waals surface area contributed by atoms with E-state index in [1.807, 2.05) is 18.2 Å². The normalized spacial score (nSPS) is 19.2. The van der Waals surface area contributed by atoms with Crippen molar-refractivity contribution in [2.75, 3.05) is 26.3 Å². The standard InChI is InChI=1S/C13H17NO2/c15-9-6-13(12-4-2-1-3-5-12)14-7-10-16-11-8-14/h1-5,9,13H,6-8,10-11H2. The summed E-state index contributed by atoms with van der Waals surface area (Å²) in [5, 5.41) is 0. The maximum Gasteiger partial charge on any atom is 0.121 e. The van der Waals surface area contributed by atoms with Crippen molar-refractivity contribution in [2.45, 2.75) is 12.5 Å². The Morgan fingerprint density at radius 1 is 1.25 bits per heavy atom. The molecule has 0 aromatic heterocycles. The van der Waals surface area contributed by atoms with Crippen LogP contribution in [0.4, 0.5) is 0 Å². The molecular formula is C13H17NO2. The number of benzene rings is 1. The first-order chi connectivity index (χ1) is 7.92. The maximum absolute atomic E-state index is 10.8. The fraction of sp³-hybridized carbons (Fsp3) is 0.462. The molecule has 0 amide bonds. The van der Waals surface area contributed by atoms with Gasteiger partial charge in [-0.05, 0) is 5.56 Å². The zero-order valence-corrected chi connectivity index (χ0v) is 9.34. The lowest BCUT2D eigenvalue weighted by Crippen LogP contribution is -2.39. The summed E-state index contributed by atoms with van der Waals surface area (Å²) < 4.78 is 5.33. The van der Waals surface area contributed by atoms with Crippen LogP contribution in [0, 0.1) is 0 Å². The van der Waals surface area contributed by atoms with E-state index in [1.165, 1.54) is 5.56 Å². The van der Waals surface area contributed by atoms with E-state index < -0.39 is 0 Å². The molecule has 1 aromatic carbocycles. The molecule has 0 saturated carbocycles. The third kappa shape index (κ3) is 2.68. The highest BCUT2D eigenvalue weighted by Gasteiger charge is 2.21. The van der Waals surface area contributed by atoms with Gasteiger partial charge in [0, 0.05) is 25.6 Å². The predicted octanol–water partition coefficient (Wildman–Crippen LogP) is 1.65. The quantitative estimate of drug-likeness (QED) is 0.721. The first-order valence-corrected chi connectivity index (χ1v) is 5.72. The second-order valence-corrected chi connectivity index (χ2v) is 3.98. The van der Waals surface area contributed by atoms with E-state index in [9.17, 15) is 4.79 Å². The van der Waals surface area contributed by atoms with Crippen LogP contribution in [0.15, 0.2) is 30.3 Å². The van der Waals surface area contributed by atoms with Gasteiger partial charge in [0.2, 0.25) is 0 Å². The molecule has 0 bridgehead atoms. The van der Waals surface area contributed by atoms with Gasteiger partial charge in [0.15, 0.2) is 0 Å². The lowest BCUT2D eigenvalue weighted by atomic mass is 10.0. The van der Waals surface area contributed by atoms with Gasteiger partial charge in [0.05, 0.1) is 13.2 Å². The lowest BCUT2D eigenvalue weighted by molar-refractivity contribution is -0.109. The van der Waals surface area contributed by atoms with Crippen molar-refractivity contribution >= 4 is 6.29 Å². The molecule has 16 heavy (non-hydrogen) atoms. The fourth-order valence-electron chi connectivity index (χ4n) is 2.15. The number of carbonyl (C=O) groups excluding carboxylic acids is 1. The van der Waals surface area contributed by atoms with Gasteiger partial charge in [-0.15, -0.1) is 0 Å². The Kier molecular flexibility index (Phi) is 4.08. The molecule has 0 aliphatic carbocycles. The number of morpholine rings is 1. The summed E-state index contributed by atoms with van der Waals surface area (Å²) in [6.45, 7) is 3.35. The summed E-state index contributed by atoms with van der Waals surface area (Å²) in [7, 11) is 0. The summed E-state index contributed by atoms with van der Waals surface area (Å²) in [6.07, 6.45) is 1.57. The van der Waals surface area contributed by atoms with Crippen LogP contribution in [0.5, 0.6) is 0 Å². The van der Waals surface area contributed by atoms with Crippen LogP contribution in [0.2, 0.25) is 0 Å². The monoisotopic (exact) mass is 219 g/mol. The van der Waals surface area contributed by atoms with E-state index in [4.69, 9.17) is 4.74 Å². The Bertz CT molecular complexity index is 320. The molecule has 3 nitrogen and oxygen atoms in total. The molecule has 1 aromatic rings. The van der Waals surface area contributed by atoms with Gasteiger partial charge in [-0.2, -0.15) is 0 Å². The topological polar surface area (TPSA) is 29.5 Å².